The third-order valence-electron chi connectivity index (χ3n) is 9.08. The predicted octanol–water partition coefficient (Wildman–Crippen LogP) is 4.77. The van der Waals surface area contributed by atoms with Crippen LogP contribution in [0, 0.1) is 17.3 Å². The second kappa shape index (κ2) is 8.71. The van der Waals surface area contributed by atoms with Crippen molar-refractivity contribution in [1.29, 1.82) is 0 Å². The van der Waals surface area contributed by atoms with E-state index in [0.29, 0.717) is 31.3 Å². The first kappa shape index (κ1) is 24.5. The lowest BCUT2D eigenvalue weighted by Crippen LogP contribution is -2.49. The zero-order valence-corrected chi connectivity index (χ0v) is 21.0. The number of alkyl halides is 1. The Morgan fingerprint density at radius 1 is 1.20 bits per heavy atom. The molecule has 2 fully saturated rings. The third-order valence-corrected chi connectivity index (χ3v) is 9.08. The van der Waals surface area contributed by atoms with Crippen molar-refractivity contribution in [3.8, 4) is 0 Å². The van der Waals surface area contributed by atoms with Crippen LogP contribution < -0.4 is 11.1 Å². The highest BCUT2D eigenvalue weighted by molar-refractivity contribution is 5.83. The molecule has 35 heavy (non-hydrogen) atoms. The minimum absolute atomic E-state index is 0.0109. The van der Waals surface area contributed by atoms with Gasteiger partial charge in [0.2, 0.25) is 0 Å². The predicted molar refractivity (Wildman–Crippen MR) is 136 cm³/mol. The van der Waals surface area contributed by atoms with Crippen LogP contribution in [0.25, 0.3) is 16.7 Å². The molecule has 1 heterocycles. The summed E-state index contributed by atoms with van der Waals surface area (Å²) in [5.74, 6) is -0.0710. The molecule has 1 aromatic heterocycles. The van der Waals surface area contributed by atoms with Gasteiger partial charge in [-0.25, -0.2) is 4.39 Å². The Morgan fingerprint density at radius 2 is 1.97 bits per heavy atom. The monoisotopic (exact) mass is 483 g/mol. The molecule has 0 saturated heterocycles. The van der Waals surface area contributed by atoms with Gasteiger partial charge in [-0.05, 0) is 87.4 Å². The van der Waals surface area contributed by atoms with Gasteiger partial charge in [-0.15, -0.1) is 0 Å². The average Bonchev–Trinajstić information content (AvgIpc) is 3.31. The van der Waals surface area contributed by atoms with E-state index in [0.717, 1.165) is 29.5 Å². The number of halogens is 1. The van der Waals surface area contributed by atoms with Gasteiger partial charge < -0.3 is 25.7 Å². The Hall–Kier alpha value is -2.22. The molecular weight excluding hydrogens is 445 g/mol. The van der Waals surface area contributed by atoms with Gasteiger partial charge in [-0.3, -0.25) is 0 Å². The molecule has 6 atom stereocenters. The van der Waals surface area contributed by atoms with Crippen molar-refractivity contribution >= 4 is 22.7 Å². The largest absolute Gasteiger partial charge is 0.424 e. The molecule has 0 aliphatic heterocycles. The summed E-state index contributed by atoms with van der Waals surface area (Å²) >= 11 is 0. The average molecular weight is 484 g/mol. The van der Waals surface area contributed by atoms with Gasteiger partial charge in [-0.2, -0.15) is 4.98 Å². The number of allylic oxidation sites excluding steroid dienone is 3. The summed E-state index contributed by atoms with van der Waals surface area (Å²) in [6, 6.07) is 6.11. The SMILES string of the molecule is CC12CC=C3CC4(F)CC(O)CCC4CC[C@]3(O)C1CC=C2c1ccc2oc(N)nc2c1.CNC. The zero-order valence-electron chi connectivity index (χ0n) is 21.0. The maximum atomic E-state index is 16.0. The fraction of sp³-hybridized carbons (Fsp3) is 0.607. The lowest BCUT2D eigenvalue weighted by molar-refractivity contribution is -0.0359. The van der Waals surface area contributed by atoms with Gasteiger partial charge in [0, 0.05) is 24.2 Å². The number of nitrogens with one attached hydrogen (secondary N) is 1. The van der Waals surface area contributed by atoms with Crippen LogP contribution in [0.3, 0.4) is 0 Å². The van der Waals surface area contributed by atoms with E-state index in [1.165, 1.54) is 5.57 Å². The van der Waals surface area contributed by atoms with E-state index in [2.05, 4.69) is 29.4 Å². The summed E-state index contributed by atoms with van der Waals surface area (Å²) < 4.78 is 21.5. The number of benzene rings is 1. The number of hydrogen-bond acceptors (Lipinski definition) is 6. The molecule has 4 aliphatic carbocycles. The van der Waals surface area contributed by atoms with Crippen LogP contribution in [-0.4, -0.2) is 46.7 Å². The minimum Gasteiger partial charge on any atom is -0.424 e. The van der Waals surface area contributed by atoms with Crippen molar-refractivity contribution in [2.75, 3.05) is 19.8 Å². The molecule has 2 aromatic rings. The number of hydrogen-bond donors (Lipinski definition) is 4. The topological polar surface area (TPSA) is 105 Å². The summed E-state index contributed by atoms with van der Waals surface area (Å²) in [5, 5.41) is 25.0. The summed E-state index contributed by atoms with van der Waals surface area (Å²) in [7, 11) is 3.75. The van der Waals surface area contributed by atoms with E-state index in [1.54, 1.807) is 0 Å². The van der Waals surface area contributed by atoms with Gasteiger partial charge >= 0.3 is 0 Å². The maximum absolute atomic E-state index is 16.0. The van der Waals surface area contributed by atoms with Gasteiger partial charge in [0.25, 0.3) is 6.01 Å². The van der Waals surface area contributed by atoms with Crippen LogP contribution in [0.15, 0.2) is 40.3 Å². The van der Waals surface area contributed by atoms with Crippen LogP contribution in [-0.2, 0) is 0 Å². The Kier molecular flexibility index (Phi) is 6.09. The van der Waals surface area contributed by atoms with Crippen LogP contribution in [0.1, 0.15) is 63.9 Å². The lowest BCUT2D eigenvalue weighted by atomic mass is 9.58. The molecule has 0 bridgehead atoms. The molecule has 5 unspecified atom stereocenters. The van der Waals surface area contributed by atoms with Gasteiger partial charge in [0.15, 0.2) is 5.58 Å². The third kappa shape index (κ3) is 3.92. The molecule has 1 aromatic carbocycles. The first-order valence-electron chi connectivity index (χ1n) is 12.9. The highest BCUT2D eigenvalue weighted by atomic mass is 19.1. The molecular formula is C28H38FN3O3. The normalized spacial score (nSPS) is 38.3. The molecule has 0 amide bonds. The quantitative estimate of drug-likeness (QED) is 0.436. The second-order valence-electron chi connectivity index (χ2n) is 11.3. The van der Waals surface area contributed by atoms with E-state index in [1.807, 2.05) is 32.3 Å². The Labute approximate surface area is 206 Å². The Balaban J connectivity index is 0.000000806. The van der Waals surface area contributed by atoms with Crippen LogP contribution >= 0.6 is 0 Å². The molecule has 5 N–H and O–H groups in total. The number of oxazole rings is 1. The smallest absolute Gasteiger partial charge is 0.292 e. The lowest BCUT2D eigenvalue weighted by Gasteiger charge is -2.49. The molecule has 190 valence electrons. The summed E-state index contributed by atoms with van der Waals surface area (Å²) in [6.07, 6.45) is 8.38. The van der Waals surface area contributed by atoms with Crippen molar-refractivity contribution in [1.82, 2.24) is 10.3 Å². The first-order valence-corrected chi connectivity index (χ1v) is 12.9. The van der Waals surface area contributed by atoms with Gasteiger partial charge in [-0.1, -0.05) is 25.1 Å². The van der Waals surface area contributed by atoms with Crippen molar-refractivity contribution < 1.29 is 19.0 Å². The molecule has 7 heteroatoms. The second-order valence-corrected chi connectivity index (χ2v) is 11.3. The number of anilines is 1. The standard InChI is InChI=1S/C26H31FN2O3.C2H7N/c1-24-10-8-17-13-25(27)14-18(30)4-3-16(25)9-11-26(17,31)22(24)7-5-19(24)15-2-6-21-20(12-15)29-23(28)32-21;1-3-2/h2,5-6,8,12,16,18,22,30-31H,3-4,7,9-11,13-14H2,1H3,(H2,28,29);3H,1-2H3/t16?,18?,22?,24?,25?,26-;/m1./s1. The number of aliphatic hydroxyl groups excluding tert-OH is 1. The Bertz CT molecular complexity index is 1180. The van der Waals surface area contributed by atoms with Crippen molar-refractivity contribution in [2.24, 2.45) is 17.3 Å². The molecule has 6 rings (SSSR count). The van der Waals surface area contributed by atoms with Gasteiger partial charge in [0.05, 0.1) is 11.7 Å². The van der Waals surface area contributed by atoms with E-state index >= 15 is 4.39 Å². The minimum atomic E-state index is -1.41. The van der Waals surface area contributed by atoms with Crippen LogP contribution in [0.4, 0.5) is 10.4 Å². The molecule has 0 radical (unpaired) electrons. The summed E-state index contributed by atoms with van der Waals surface area (Å²) in [5.41, 5.74) is 7.61. The maximum Gasteiger partial charge on any atom is 0.292 e. The van der Waals surface area contributed by atoms with E-state index in [-0.39, 0.29) is 36.1 Å². The summed E-state index contributed by atoms with van der Waals surface area (Å²) in [6.45, 7) is 2.23. The zero-order chi connectivity index (χ0) is 25.0. The number of fused-ring (bicyclic) bond motifs is 5. The van der Waals surface area contributed by atoms with Gasteiger partial charge in [0.1, 0.15) is 11.2 Å². The molecule has 0 spiro atoms. The molecule has 2 saturated carbocycles. The number of aromatic nitrogens is 1. The number of nitrogens with zero attached hydrogens (tertiary/aromatic N) is 1. The number of aliphatic hydroxyl groups is 2. The van der Waals surface area contributed by atoms with Crippen LogP contribution in [0.2, 0.25) is 0 Å². The van der Waals surface area contributed by atoms with E-state index in [9.17, 15) is 10.2 Å². The fourth-order valence-corrected chi connectivity index (χ4v) is 7.39. The van der Waals surface area contributed by atoms with Crippen LogP contribution in [0.5, 0.6) is 0 Å². The van der Waals surface area contributed by atoms with Crippen molar-refractivity contribution in [3.63, 3.8) is 0 Å². The Morgan fingerprint density at radius 3 is 2.74 bits per heavy atom. The molecule has 4 aliphatic rings. The fourth-order valence-electron chi connectivity index (χ4n) is 7.39. The summed E-state index contributed by atoms with van der Waals surface area (Å²) in [4.78, 5) is 4.28. The van der Waals surface area contributed by atoms with Crippen molar-refractivity contribution in [2.45, 2.75) is 75.7 Å². The van der Waals surface area contributed by atoms with E-state index in [4.69, 9.17) is 10.2 Å². The van der Waals surface area contributed by atoms with Crippen molar-refractivity contribution in [3.05, 3.63) is 41.5 Å². The molecule has 6 nitrogen and oxygen atoms in total. The first-order chi connectivity index (χ1) is 16.6. The number of rotatable bonds is 1. The number of nitrogen functional groups attached to an aromatic ring is 1. The highest BCUT2D eigenvalue weighted by Gasteiger charge is 2.59. The number of nitrogens with two attached hydrogens (primary N) is 1. The van der Waals surface area contributed by atoms with E-state index < -0.39 is 17.4 Å². The highest BCUT2D eigenvalue weighted by Crippen LogP contribution is 2.63.